The van der Waals surface area contributed by atoms with E-state index in [1.807, 2.05) is 97.1 Å². The topological polar surface area (TPSA) is 58.2 Å². The van der Waals surface area contributed by atoms with Crippen molar-refractivity contribution < 1.29 is 9.59 Å². The van der Waals surface area contributed by atoms with Crippen molar-refractivity contribution in [1.82, 2.24) is 5.32 Å². The molecule has 0 atom stereocenters. The molecule has 0 aliphatic heterocycles. The van der Waals surface area contributed by atoms with Crippen LogP contribution >= 0.6 is 30.5 Å². The van der Waals surface area contributed by atoms with Crippen LogP contribution in [0.15, 0.2) is 156 Å². The summed E-state index contributed by atoms with van der Waals surface area (Å²) in [6.07, 6.45) is 0. The van der Waals surface area contributed by atoms with Crippen LogP contribution in [0.2, 0.25) is 5.02 Å². The first-order valence-electron chi connectivity index (χ1n) is 12.9. The molecule has 0 bridgehead atoms. The Kier molecular flexibility index (Phi) is 8.96. The molecular weight excluding hydrogens is 570 g/mol. The third-order valence-electron chi connectivity index (χ3n) is 6.52. The zero-order valence-corrected chi connectivity index (χ0v) is 24.3. The molecule has 0 saturated heterocycles. The first-order chi connectivity index (χ1) is 20.0. The normalized spacial score (nSPS) is 11.8. The lowest BCUT2D eigenvalue weighted by Gasteiger charge is -2.28. The third-order valence-corrected chi connectivity index (χ3v) is 11.7. The lowest BCUT2D eigenvalue weighted by molar-refractivity contribution is -0.113. The molecule has 5 aromatic carbocycles. The van der Waals surface area contributed by atoms with E-state index in [1.54, 1.807) is 48.5 Å². The van der Waals surface area contributed by atoms with Gasteiger partial charge in [-0.1, -0.05) is 90.5 Å². The molecule has 7 heteroatoms. The van der Waals surface area contributed by atoms with E-state index in [2.05, 4.69) is 10.6 Å². The molecule has 4 nitrogen and oxygen atoms in total. The predicted octanol–water partition coefficient (Wildman–Crippen LogP) is 7.11. The van der Waals surface area contributed by atoms with Gasteiger partial charge in [-0.3, -0.25) is 9.59 Å². The van der Waals surface area contributed by atoms with Gasteiger partial charge in [0.1, 0.15) is 15.9 Å². The van der Waals surface area contributed by atoms with Gasteiger partial charge < -0.3 is 10.6 Å². The first kappa shape index (κ1) is 28.3. The molecule has 0 heterocycles. The summed E-state index contributed by atoms with van der Waals surface area (Å²) in [4.78, 5) is 27.6. The summed E-state index contributed by atoms with van der Waals surface area (Å²) in [5.74, 6) is -1.01. The summed E-state index contributed by atoms with van der Waals surface area (Å²) in [6, 6.07) is 45.2. The molecule has 0 spiro atoms. The molecule has 41 heavy (non-hydrogen) atoms. The van der Waals surface area contributed by atoms with Crippen LogP contribution in [0.25, 0.3) is 0 Å². The summed E-state index contributed by atoms with van der Waals surface area (Å²) >= 11 is 13.7. The summed E-state index contributed by atoms with van der Waals surface area (Å²) in [6.45, 7) is 0. The van der Waals surface area contributed by atoms with Crippen molar-refractivity contribution in [2.24, 2.45) is 0 Å². The lowest BCUT2D eigenvalue weighted by atomic mass is 10.2. The van der Waals surface area contributed by atoms with Crippen LogP contribution in [0, 0.1) is 0 Å². The fourth-order valence-electron chi connectivity index (χ4n) is 4.65. The standard InChI is InChI=1S/C34H25Cl2N2O2P/c35-26-16-13-17-27(24-26)37-34(40)31(38-33(39)25-14-5-1-6-15-25)32(36)41(28-18-7-2-8-19-28,29-20-9-3-10-21-29)30-22-11-4-12-23-30/h1-24H,(H-,37,38,39,40)/p+1. The van der Waals surface area contributed by atoms with Crippen molar-refractivity contribution in [2.75, 3.05) is 5.32 Å². The van der Waals surface area contributed by atoms with Crippen molar-refractivity contribution >= 4 is 63.9 Å². The highest BCUT2D eigenvalue weighted by Crippen LogP contribution is 2.64. The van der Waals surface area contributed by atoms with Gasteiger partial charge in [-0.2, -0.15) is 0 Å². The molecule has 2 N–H and O–H groups in total. The Balaban J connectivity index is 1.79. The zero-order chi connectivity index (χ0) is 28.7. The van der Waals surface area contributed by atoms with Crippen LogP contribution in [0.4, 0.5) is 5.69 Å². The van der Waals surface area contributed by atoms with Crippen molar-refractivity contribution in [2.45, 2.75) is 0 Å². The van der Waals surface area contributed by atoms with Gasteiger partial charge in [-0.05, 0) is 78.3 Å². The predicted molar refractivity (Wildman–Crippen MR) is 172 cm³/mol. The number of carbonyl (C=O) groups excluding carboxylic acids is 2. The van der Waals surface area contributed by atoms with E-state index in [0.717, 1.165) is 15.9 Å². The second kappa shape index (κ2) is 13.0. The molecule has 0 radical (unpaired) electrons. The Bertz CT molecular complexity index is 1580. The number of carbonyl (C=O) groups is 2. The Morgan fingerprint density at radius 3 is 1.51 bits per heavy atom. The number of nitrogens with one attached hydrogen (secondary N) is 2. The van der Waals surface area contributed by atoms with E-state index in [9.17, 15) is 9.59 Å². The Labute approximate surface area is 250 Å². The van der Waals surface area contributed by atoms with Gasteiger partial charge in [0.15, 0.2) is 13.0 Å². The maximum atomic E-state index is 14.1. The number of anilines is 1. The highest BCUT2D eigenvalue weighted by Gasteiger charge is 2.52. The molecule has 202 valence electrons. The zero-order valence-electron chi connectivity index (χ0n) is 21.9. The molecular formula is C34H26Cl2N2O2P+. The number of rotatable bonds is 8. The fraction of sp³-hybridized carbons (Fsp3) is 0. The Morgan fingerprint density at radius 1 is 0.585 bits per heavy atom. The molecule has 2 amide bonds. The number of amides is 2. The number of hydrogen-bond donors (Lipinski definition) is 2. The number of hydrogen-bond acceptors (Lipinski definition) is 2. The largest absolute Gasteiger partial charge is 0.321 e. The highest BCUT2D eigenvalue weighted by molar-refractivity contribution is 8.00. The minimum atomic E-state index is -2.87. The Hall–Kier alpha value is -4.21. The molecule has 5 aromatic rings. The van der Waals surface area contributed by atoms with Crippen molar-refractivity contribution in [3.8, 4) is 0 Å². The molecule has 5 rings (SSSR count). The van der Waals surface area contributed by atoms with Crippen LogP contribution in [-0.4, -0.2) is 11.8 Å². The minimum Gasteiger partial charge on any atom is -0.321 e. The number of halogens is 2. The van der Waals surface area contributed by atoms with Crippen molar-refractivity contribution in [1.29, 1.82) is 0 Å². The van der Waals surface area contributed by atoms with Gasteiger partial charge in [0.25, 0.3) is 11.8 Å². The fourth-order valence-corrected chi connectivity index (χ4v) is 9.77. The summed E-state index contributed by atoms with van der Waals surface area (Å²) in [5, 5.41) is 9.03. The smallest absolute Gasteiger partial charge is 0.277 e. The number of benzene rings is 5. The molecule has 0 fully saturated rings. The van der Waals surface area contributed by atoms with Crippen LogP contribution in [0.1, 0.15) is 10.4 Å². The minimum absolute atomic E-state index is 0.0367. The van der Waals surface area contributed by atoms with Crippen LogP contribution in [0.3, 0.4) is 0 Å². The summed E-state index contributed by atoms with van der Waals surface area (Å²) in [7, 11) is -2.87. The average Bonchev–Trinajstić information content (AvgIpc) is 3.02. The van der Waals surface area contributed by atoms with Gasteiger partial charge in [0, 0.05) is 16.3 Å². The van der Waals surface area contributed by atoms with E-state index in [1.165, 1.54) is 0 Å². The average molecular weight is 596 g/mol. The monoisotopic (exact) mass is 595 g/mol. The Morgan fingerprint density at radius 2 is 1.05 bits per heavy atom. The van der Waals surface area contributed by atoms with Crippen molar-refractivity contribution in [3.63, 3.8) is 0 Å². The highest BCUT2D eigenvalue weighted by atomic mass is 35.5. The third kappa shape index (κ3) is 6.11. The van der Waals surface area contributed by atoms with Gasteiger partial charge in [-0.15, -0.1) is 0 Å². The van der Waals surface area contributed by atoms with Crippen LogP contribution in [-0.2, 0) is 4.79 Å². The molecule has 0 aromatic heterocycles. The molecule has 0 aliphatic carbocycles. The molecule has 0 saturated carbocycles. The summed E-state index contributed by atoms with van der Waals surface area (Å²) < 4.78 is 0.241. The maximum Gasteiger partial charge on any atom is 0.277 e. The van der Waals surface area contributed by atoms with E-state index in [4.69, 9.17) is 23.2 Å². The second-order valence-corrected chi connectivity index (χ2v) is 13.5. The quantitative estimate of drug-likeness (QED) is 0.148. The van der Waals surface area contributed by atoms with E-state index < -0.39 is 19.1 Å². The first-order valence-corrected chi connectivity index (χ1v) is 15.4. The van der Waals surface area contributed by atoms with Crippen LogP contribution in [0.5, 0.6) is 0 Å². The maximum absolute atomic E-state index is 14.1. The molecule has 0 unspecified atom stereocenters. The second-order valence-electron chi connectivity index (χ2n) is 9.13. The molecule has 0 aliphatic rings. The van der Waals surface area contributed by atoms with Gasteiger partial charge >= 0.3 is 0 Å². The summed E-state index contributed by atoms with van der Waals surface area (Å²) in [5.41, 5.74) is 0.833. The van der Waals surface area contributed by atoms with Crippen LogP contribution < -0.4 is 26.5 Å². The van der Waals surface area contributed by atoms with Gasteiger partial charge in [0.2, 0.25) is 4.77 Å². The lowest BCUT2D eigenvalue weighted by Crippen LogP contribution is -2.37. The SMILES string of the molecule is O=C(Nc1cccc(Cl)c1)C(NC(=O)c1ccccc1)=C(Cl)[P+](c1ccccc1)(c1ccccc1)c1ccccc1. The van der Waals surface area contributed by atoms with Crippen molar-refractivity contribution in [3.05, 3.63) is 167 Å². The van der Waals surface area contributed by atoms with E-state index in [0.29, 0.717) is 16.3 Å². The van der Waals surface area contributed by atoms with E-state index in [-0.39, 0.29) is 10.5 Å². The van der Waals surface area contributed by atoms with Gasteiger partial charge in [-0.25, -0.2) is 0 Å². The van der Waals surface area contributed by atoms with E-state index >= 15 is 0 Å². The van der Waals surface area contributed by atoms with Gasteiger partial charge in [0.05, 0.1) is 0 Å².